The lowest BCUT2D eigenvalue weighted by Crippen LogP contribution is -2.61. The predicted octanol–water partition coefficient (Wildman–Crippen LogP) is 5.12. The van der Waals surface area contributed by atoms with Gasteiger partial charge in [0, 0.05) is 43.1 Å². The Hall–Kier alpha value is -1.39. The number of amides is 1. The Morgan fingerprint density at radius 3 is 2.25 bits per heavy atom. The van der Waals surface area contributed by atoms with Crippen molar-refractivity contribution in [3.05, 3.63) is 23.8 Å². The second-order valence-electron chi connectivity index (χ2n) is 10.6. The van der Waals surface area contributed by atoms with Gasteiger partial charge in [-0.05, 0) is 49.1 Å². The number of anilines is 1. The summed E-state index contributed by atoms with van der Waals surface area (Å²) >= 11 is 0. The molecule has 1 saturated carbocycles. The van der Waals surface area contributed by atoms with Gasteiger partial charge in [0.2, 0.25) is 5.91 Å². The SMILES string of the molecule is Cc1cc([N+]2(N3CCC[C@@H]3C)CCCC2)ccc1NC(=O)C1C(C)(C)C1(C)C. The van der Waals surface area contributed by atoms with Crippen LogP contribution in [0.3, 0.4) is 0 Å². The molecule has 2 aliphatic heterocycles. The third kappa shape index (κ3) is 2.83. The molecule has 1 amide bonds. The molecule has 4 heteroatoms. The molecule has 1 N–H and O–H groups in total. The van der Waals surface area contributed by atoms with Crippen LogP contribution in [-0.4, -0.2) is 36.6 Å². The summed E-state index contributed by atoms with van der Waals surface area (Å²) in [5.41, 5.74) is 3.69. The van der Waals surface area contributed by atoms with Crippen molar-refractivity contribution in [3.63, 3.8) is 0 Å². The Morgan fingerprint density at radius 2 is 1.75 bits per heavy atom. The van der Waals surface area contributed by atoms with Gasteiger partial charge < -0.3 is 5.32 Å². The van der Waals surface area contributed by atoms with Crippen molar-refractivity contribution in [2.75, 3.05) is 25.0 Å². The number of quaternary nitrogens is 1. The van der Waals surface area contributed by atoms with Crippen LogP contribution in [0, 0.1) is 23.7 Å². The largest absolute Gasteiger partial charge is 0.326 e. The molecule has 0 spiro atoms. The highest BCUT2D eigenvalue weighted by atomic mass is 16.2. The number of carbonyl (C=O) groups excluding carboxylic acids is 1. The van der Waals surface area contributed by atoms with Crippen LogP contribution in [0.15, 0.2) is 18.2 Å². The molecule has 1 aromatic carbocycles. The van der Waals surface area contributed by atoms with Gasteiger partial charge in [-0.25, -0.2) is 4.59 Å². The zero-order valence-corrected chi connectivity index (χ0v) is 18.6. The van der Waals surface area contributed by atoms with Gasteiger partial charge in [-0.3, -0.25) is 4.79 Å². The topological polar surface area (TPSA) is 32.3 Å². The molecule has 0 aromatic heterocycles. The summed E-state index contributed by atoms with van der Waals surface area (Å²) in [4.78, 5) is 12.9. The Labute approximate surface area is 170 Å². The van der Waals surface area contributed by atoms with Crippen molar-refractivity contribution < 1.29 is 4.79 Å². The van der Waals surface area contributed by atoms with Crippen LogP contribution in [0.4, 0.5) is 11.4 Å². The summed E-state index contributed by atoms with van der Waals surface area (Å²) in [6.07, 6.45) is 5.21. The second-order valence-corrected chi connectivity index (χ2v) is 10.6. The van der Waals surface area contributed by atoms with Crippen molar-refractivity contribution in [2.24, 2.45) is 16.7 Å². The molecule has 28 heavy (non-hydrogen) atoms. The van der Waals surface area contributed by atoms with E-state index in [1.165, 1.54) is 56.6 Å². The summed E-state index contributed by atoms with van der Waals surface area (Å²) in [5, 5.41) is 5.95. The van der Waals surface area contributed by atoms with Crippen molar-refractivity contribution in [1.82, 2.24) is 9.60 Å². The lowest BCUT2D eigenvalue weighted by molar-refractivity contribution is -0.118. The molecule has 0 unspecified atom stereocenters. The van der Waals surface area contributed by atoms with Crippen LogP contribution in [0.25, 0.3) is 0 Å². The quantitative estimate of drug-likeness (QED) is 0.731. The van der Waals surface area contributed by atoms with E-state index in [1.807, 2.05) is 0 Å². The first-order chi connectivity index (χ1) is 13.1. The van der Waals surface area contributed by atoms with Gasteiger partial charge in [0.15, 0.2) is 5.69 Å². The van der Waals surface area contributed by atoms with Crippen molar-refractivity contribution in [2.45, 2.75) is 73.3 Å². The molecule has 0 bridgehead atoms. The summed E-state index contributed by atoms with van der Waals surface area (Å²) in [7, 11) is 0. The van der Waals surface area contributed by atoms with Crippen molar-refractivity contribution in [3.8, 4) is 0 Å². The van der Waals surface area contributed by atoms with E-state index in [4.69, 9.17) is 0 Å². The van der Waals surface area contributed by atoms with Crippen LogP contribution < -0.4 is 9.91 Å². The predicted molar refractivity (Wildman–Crippen MR) is 117 cm³/mol. The highest BCUT2D eigenvalue weighted by molar-refractivity contribution is 5.96. The van der Waals surface area contributed by atoms with Gasteiger partial charge in [0.05, 0.1) is 6.04 Å². The fourth-order valence-electron chi connectivity index (χ4n) is 6.11. The number of nitrogens with zero attached hydrogens (tertiary/aromatic N) is 2. The highest BCUT2D eigenvalue weighted by Gasteiger charge is 2.68. The number of benzene rings is 1. The third-order valence-electron chi connectivity index (χ3n) is 8.55. The molecule has 154 valence electrons. The molecule has 0 radical (unpaired) electrons. The normalized spacial score (nSPS) is 28.4. The zero-order chi connectivity index (χ0) is 20.3. The van der Waals surface area contributed by atoms with Crippen LogP contribution in [0.2, 0.25) is 0 Å². The molecule has 4 rings (SSSR count). The van der Waals surface area contributed by atoms with Gasteiger partial charge in [-0.15, -0.1) is 5.01 Å². The number of carbonyl (C=O) groups is 1. The summed E-state index contributed by atoms with van der Waals surface area (Å²) in [6, 6.07) is 7.39. The molecule has 4 nitrogen and oxygen atoms in total. The minimum absolute atomic E-state index is 0.0710. The summed E-state index contributed by atoms with van der Waals surface area (Å²) in [5.74, 6) is 0.255. The van der Waals surface area contributed by atoms with E-state index in [-0.39, 0.29) is 22.7 Å². The number of nitrogens with one attached hydrogen (secondary N) is 1. The molecule has 2 saturated heterocycles. The lowest BCUT2D eigenvalue weighted by Gasteiger charge is -2.43. The van der Waals surface area contributed by atoms with Gasteiger partial charge in [0.1, 0.15) is 13.1 Å². The monoisotopic (exact) mass is 384 g/mol. The zero-order valence-electron chi connectivity index (χ0n) is 18.6. The van der Waals surface area contributed by atoms with E-state index in [2.05, 4.69) is 70.1 Å². The maximum atomic E-state index is 12.9. The van der Waals surface area contributed by atoms with Gasteiger partial charge in [-0.1, -0.05) is 27.7 Å². The first-order valence-electron chi connectivity index (χ1n) is 11.2. The van der Waals surface area contributed by atoms with E-state index < -0.39 is 0 Å². The average molecular weight is 385 g/mol. The van der Waals surface area contributed by atoms with E-state index in [0.717, 1.165) is 10.3 Å². The average Bonchev–Trinajstić information content (AvgIpc) is 3.09. The highest BCUT2D eigenvalue weighted by Crippen LogP contribution is 2.68. The first-order valence-corrected chi connectivity index (χ1v) is 11.2. The second kappa shape index (κ2) is 6.56. The van der Waals surface area contributed by atoms with E-state index >= 15 is 0 Å². The smallest absolute Gasteiger partial charge is 0.228 e. The number of hydrogen-bond donors (Lipinski definition) is 1. The fourth-order valence-corrected chi connectivity index (χ4v) is 6.11. The third-order valence-corrected chi connectivity index (χ3v) is 8.55. The summed E-state index contributed by atoms with van der Waals surface area (Å²) < 4.78 is 1.01. The van der Waals surface area contributed by atoms with Crippen molar-refractivity contribution >= 4 is 17.3 Å². The molecular weight excluding hydrogens is 346 g/mol. The maximum Gasteiger partial charge on any atom is 0.228 e. The fraction of sp³-hybridized carbons (Fsp3) is 0.708. The minimum atomic E-state index is 0.0710. The van der Waals surface area contributed by atoms with E-state index in [0.29, 0.717) is 6.04 Å². The molecule has 1 aliphatic carbocycles. The van der Waals surface area contributed by atoms with E-state index in [9.17, 15) is 4.79 Å². The van der Waals surface area contributed by atoms with Crippen LogP contribution in [0.1, 0.15) is 65.9 Å². The van der Waals surface area contributed by atoms with Gasteiger partial charge in [-0.2, -0.15) is 0 Å². The Balaban J connectivity index is 1.57. The van der Waals surface area contributed by atoms with Crippen LogP contribution in [0.5, 0.6) is 0 Å². The lowest BCUT2D eigenvalue weighted by atomic mass is 10.0. The Kier molecular flexibility index (Phi) is 4.67. The van der Waals surface area contributed by atoms with Crippen molar-refractivity contribution in [1.29, 1.82) is 0 Å². The Bertz CT molecular complexity index is 762. The van der Waals surface area contributed by atoms with Gasteiger partial charge in [0.25, 0.3) is 0 Å². The van der Waals surface area contributed by atoms with E-state index in [1.54, 1.807) is 0 Å². The number of hydrogen-bond acceptors (Lipinski definition) is 2. The maximum absolute atomic E-state index is 12.9. The molecule has 3 aliphatic rings. The standard InChI is InChI=1S/C24H37N3O/c1-17-16-19(27(14-7-8-15-27)26-13-9-10-18(26)2)11-12-20(17)25-22(28)21-23(3,4)24(21,5)6/h11-12,16,18,21H,7-10,13-15H2,1-6H3/p+1/t18-/m0/s1. The molecule has 2 heterocycles. The Morgan fingerprint density at radius 1 is 1.11 bits per heavy atom. The molecule has 1 atom stereocenters. The molecule has 1 aromatic rings. The number of aryl methyl sites for hydroxylation is 1. The van der Waals surface area contributed by atoms with Crippen LogP contribution >= 0.6 is 0 Å². The minimum Gasteiger partial charge on any atom is -0.326 e. The first kappa shape index (κ1) is 19.9. The molecule has 3 fully saturated rings. The summed E-state index contributed by atoms with van der Waals surface area (Å²) in [6.45, 7) is 16.9. The van der Waals surface area contributed by atoms with Crippen LogP contribution in [-0.2, 0) is 4.79 Å². The molecular formula is C24H38N3O+. The number of rotatable bonds is 4. The van der Waals surface area contributed by atoms with Gasteiger partial charge >= 0.3 is 0 Å².